The molecule has 1 aliphatic rings. The van der Waals surface area contributed by atoms with Crippen LogP contribution < -0.4 is 24.8 Å². The lowest BCUT2D eigenvalue weighted by Gasteiger charge is -2.20. The van der Waals surface area contributed by atoms with Gasteiger partial charge in [0.1, 0.15) is 11.6 Å². The van der Waals surface area contributed by atoms with Crippen LogP contribution >= 0.6 is 0 Å². The monoisotopic (exact) mass is 436 g/mol. The van der Waals surface area contributed by atoms with Gasteiger partial charge in [-0.15, -0.1) is 0 Å². The van der Waals surface area contributed by atoms with Crippen molar-refractivity contribution >= 4 is 6.03 Å². The van der Waals surface area contributed by atoms with Crippen LogP contribution in [0, 0.1) is 5.82 Å². The molecule has 0 aromatic heterocycles. The summed E-state index contributed by atoms with van der Waals surface area (Å²) in [5.74, 6) is 1.87. The standard InChI is InChI=1S/C25H25FN2O4/c1-30-22-4-2-3-19(13-22)15-27-25(29)28-21(11-17-5-8-20(26)9-6-17)12-18-7-10-23-24(14-18)32-16-31-23/h2-10,13-14,21H,11-12,15-16H2,1H3,(H2,27,28,29). The van der Waals surface area contributed by atoms with Gasteiger partial charge in [-0.3, -0.25) is 0 Å². The predicted octanol–water partition coefficient (Wildman–Crippen LogP) is 4.22. The molecule has 4 rings (SSSR count). The van der Waals surface area contributed by atoms with Gasteiger partial charge in [0, 0.05) is 12.6 Å². The predicted molar refractivity (Wildman–Crippen MR) is 119 cm³/mol. The maximum absolute atomic E-state index is 13.3. The SMILES string of the molecule is COc1cccc(CNC(=O)NC(Cc2ccc(F)cc2)Cc2ccc3c(c2)OCO3)c1. The van der Waals surface area contributed by atoms with Crippen LogP contribution in [0.15, 0.2) is 66.7 Å². The molecule has 0 radical (unpaired) electrons. The van der Waals surface area contributed by atoms with E-state index in [2.05, 4.69) is 10.6 Å². The van der Waals surface area contributed by atoms with Crippen molar-refractivity contribution < 1.29 is 23.4 Å². The quantitative estimate of drug-likeness (QED) is 0.555. The minimum absolute atomic E-state index is 0.203. The highest BCUT2D eigenvalue weighted by molar-refractivity contribution is 5.74. The Morgan fingerprint density at radius 3 is 2.53 bits per heavy atom. The third kappa shape index (κ3) is 5.69. The second-order valence-electron chi connectivity index (χ2n) is 7.60. The Balaban J connectivity index is 1.42. The number of nitrogens with one attached hydrogen (secondary N) is 2. The average Bonchev–Trinajstić information content (AvgIpc) is 3.27. The van der Waals surface area contributed by atoms with Crippen molar-refractivity contribution in [2.75, 3.05) is 13.9 Å². The van der Waals surface area contributed by atoms with Crippen molar-refractivity contribution in [2.24, 2.45) is 0 Å². The van der Waals surface area contributed by atoms with Crippen LogP contribution in [-0.4, -0.2) is 26.0 Å². The lowest BCUT2D eigenvalue weighted by Crippen LogP contribution is -2.44. The molecule has 32 heavy (non-hydrogen) atoms. The van der Waals surface area contributed by atoms with Crippen LogP contribution in [0.2, 0.25) is 0 Å². The van der Waals surface area contributed by atoms with Crippen molar-refractivity contribution in [2.45, 2.75) is 25.4 Å². The van der Waals surface area contributed by atoms with Crippen molar-refractivity contribution in [3.05, 3.63) is 89.2 Å². The molecule has 6 nitrogen and oxygen atoms in total. The first-order chi connectivity index (χ1) is 15.6. The molecule has 1 unspecified atom stereocenters. The minimum atomic E-state index is -0.287. The summed E-state index contributed by atoms with van der Waals surface area (Å²) in [6, 6.07) is 19.1. The maximum Gasteiger partial charge on any atom is 0.315 e. The maximum atomic E-state index is 13.3. The lowest BCUT2D eigenvalue weighted by molar-refractivity contribution is 0.174. The summed E-state index contributed by atoms with van der Waals surface area (Å²) in [5.41, 5.74) is 2.88. The molecule has 7 heteroatoms. The number of rotatable bonds is 8. The zero-order chi connectivity index (χ0) is 22.3. The van der Waals surface area contributed by atoms with Crippen LogP contribution in [0.3, 0.4) is 0 Å². The number of hydrogen-bond donors (Lipinski definition) is 2. The Hall–Kier alpha value is -3.74. The van der Waals surface area contributed by atoms with E-state index < -0.39 is 0 Å². The van der Waals surface area contributed by atoms with Crippen molar-refractivity contribution in [3.63, 3.8) is 0 Å². The van der Waals surface area contributed by atoms with E-state index in [9.17, 15) is 9.18 Å². The minimum Gasteiger partial charge on any atom is -0.497 e. The van der Waals surface area contributed by atoms with E-state index in [1.807, 2.05) is 42.5 Å². The fourth-order valence-corrected chi connectivity index (χ4v) is 3.63. The molecule has 166 valence electrons. The number of hydrogen-bond acceptors (Lipinski definition) is 4. The van der Waals surface area contributed by atoms with Gasteiger partial charge in [0.2, 0.25) is 6.79 Å². The zero-order valence-corrected chi connectivity index (χ0v) is 17.8. The molecule has 1 aliphatic heterocycles. The van der Waals surface area contributed by atoms with Gasteiger partial charge in [0.15, 0.2) is 11.5 Å². The lowest BCUT2D eigenvalue weighted by atomic mass is 9.98. The Morgan fingerprint density at radius 1 is 0.969 bits per heavy atom. The van der Waals surface area contributed by atoms with Crippen molar-refractivity contribution in [1.82, 2.24) is 10.6 Å². The second-order valence-corrected chi connectivity index (χ2v) is 7.60. The largest absolute Gasteiger partial charge is 0.497 e. The molecule has 0 saturated carbocycles. The molecular formula is C25H25FN2O4. The summed E-state index contributed by atoms with van der Waals surface area (Å²) in [6.45, 7) is 0.582. The van der Waals surface area contributed by atoms with Gasteiger partial charge >= 0.3 is 6.03 Å². The number of methoxy groups -OCH3 is 1. The Morgan fingerprint density at radius 2 is 1.72 bits per heavy atom. The summed E-state index contributed by atoms with van der Waals surface area (Å²) in [5, 5.41) is 5.94. The first-order valence-electron chi connectivity index (χ1n) is 10.4. The van der Waals surface area contributed by atoms with E-state index in [4.69, 9.17) is 14.2 Å². The Bertz CT molecular complexity index is 1070. The van der Waals surface area contributed by atoms with Gasteiger partial charge in [-0.2, -0.15) is 0 Å². The number of carbonyl (C=O) groups is 1. The van der Waals surface area contributed by atoms with Crippen molar-refractivity contribution in [3.8, 4) is 17.2 Å². The highest BCUT2D eigenvalue weighted by Gasteiger charge is 2.18. The number of fused-ring (bicyclic) bond motifs is 1. The average molecular weight is 436 g/mol. The number of urea groups is 1. The molecule has 0 aliphatic carbocycles. The summed E-state index contributed by atoms with van der Waals surface area (Å²) in [7, 11) is 1.61. The Kier molecular flexibility index (Phi) is 6.75. The number of benzene rings is 3. The number of amides is 2. The molecule has 1 heterocycles. The zero-order valence-electron chi connectivity index (χ0n) is 17.8. The smallest absolute Gasteiger partial charge is 0.315 e. The number of carbonyl (C=O) groups excluding carboxylic acids is 1. The third-order valence-electron chi connectivity index (χ3n) is 5.24. The van der Waals surface area contributed by atoms with Crippen LogP contribution in [0.25, 0.3) is 0 Å². The molecule has 0 fully saturated rings. The highest BCUT2D eigenvalue weighted by atomic mass is 19.1. The molecule has 3 aromatic rings. The summed E-state index contributed by atoms with van der Waals surface area (Å²) >= 11 is 0. The normalized spacial score (nSPS) is 12.8. The molecular weight excluding hydrogens is 411 g/mol. The molecule has 2 N–H and O–H groups in total. The molecule has 2 amide bonds. The van der Waals surface area contributed by atoms with Crippen LogP contribution in [0.5, 0.6) is 17.2 Å². The van der Waals surface area contributed by atoms with E-state index in [1.165, 1.54) is 12.1 Å². The van der Waals surface area contributed by atoms with Gasteiger partial charge in [0.25, 0.3) is 0 Å². The van der Waals surface area contributed by atoms with Gasteiger partial charge < -0.3 is 24.8 Å². The molecule has 1 atom stereocenters. The van der Waals surface area contributed by atoms with Gasteiger partial charge in [-0.1, -0.05) is 30.3 Å². The van der Waals surface area contributed by atoms with Gasteiger partial charge in [0.05, 0.1) is 7.11 Å². The highest BCUT2D eigenvalue weighted by Crippen LogP contribution is 2.32. The van der Waals surface area contributed by atoms with Crippen LogP contribution in [0.1, 0.15) is 16.7 Å². The van der Waals surface area contributed by atoms with Gasteiger partial charge in [-0.05, 0) is 65.9 Å². The van der Waals surface area contributed by atoms with E-state index in [0.717, 1.165) is 22.4 Å². The van der Waals surface area contributed by atoms with E-state index in [0.29, 0.717) is 30.9 Å². The first kappa shape index (κ1) is 21.5. The third-order valence-corrected chi connectivity index (χ3v) is 5.24. The summed E-state index contributed by atoms with van der Waals surface area (Å²) < 4.78 is 29.4. The Labute approximate surface area is 186 Å². The first-order valence-corrected chi connectivity index (χ1v) is 10.4. The van der Waals surface area contributed by atoms with Crippen molar-refractivity contribution in [1.29, 1.82) is 0 Å². The topological polar surface area (TPSA) is 68.8 Å². The summed E-state index contributed by atoms with van der Waals surface area (Å²) in [6.07, 6.45) is 1.14. The van der Waals surface area contributed by atoms with E-state index in [1.54, 1.807) is 19.2 Å². The fraction of sp³-hybridized carbons (Fsp3) is 0.240. The van der Waals surface area contributed by atoms with E-state index in [-0.39, 0.29) is 24.7 Å². The van der Waals surface area contributed by atoms with Gasteiger partial charge in [-0.25, -0.2) is 9.18 Å². The molecule has 0 spiro atoms. The van der Waals surface area contributed by atoms with E-state index >= 15 is 0 Å². The van der Waals surface area contributed by atoms with Crippen LogP contribution in [0.4, 0.5) is 9.18 Å². The number of ether oxygens (including phenoxy) is 3. The molecule has 3 aromatic carbocycles. The second kappa shape index (κ2) is 10.0. The number of halogens is 1. The fourth-order valence-electron chi connectivity index (χ4n) is 3.63. The molecule has 0 bridgehead atoms. The molecule has 0 saturated heterocycles. The summed E-state index contributed by atoms with van der Waals surface area (Å²) in [4.78, 5) is 12.6. The van der Waals surface area contributed by atoms with Crippen LogP contribution in [-0.2, 0) is 19.4 Å².